The summed E-state index contributed by atoms with van der Waals surface area (Å²) in [5.74, 6) is -0.257. The monoisotopic (exact) mass is 312 g/mol. The number of rotatable bonds is 4. The Morgan fingerprint density at radius 1 is 0.667 bits per heavy atom. The summed E-state index contributed by atoms with van der Waals surface area (Å²) in [5.41, 5.74) is 6.08. The SMILES string of the molecule is O=C(CC(=O)c1ccc2c(c1)Cc1ccccc1-2)c1ccccc1. The highest BCUT2D eigenvalue weighted by Gasteiger charge is 2.20. The number of hydrogen-bond donors (Lipinski definition) is 0. The fraction of sp³-hybridized carbons (Fsp3) is 0.0909. The van der Waals surface area contributed by atoms with Crippen LogP contribution in [0, 0.1) is 0 Å². The maximum atomic E-state index is 12.5. The maximum Gasteiger partial charge on any atom is 0.170 e. The molecule has 0 N–H and O–H groups in total. The van der Waals surface area contributed by atoms with Crippen LogP contribution in [0.3, 0.4) is 0 Å². The normalized spacial score (nSPS) is 11.7. The lowest BCUT2D eigenvalue weighted by Crippen LogP contribution is -2.08. The van der Waals surface area contributed by atoms with Gasteiger partial charge in [-0.3, -0.25) is 9.59 Å². The van der Waals surface area contributed by atoms with Gasteiger partial charge in [0.1, 0.15) is 0 Å². The first-order valence-corrected chi connectivity index (χ1v) is 8.05. The molecular weight excluding hydrogens is 296 g/mol. The van der Waals surface area contributed by atoms with Crippen molar-refractivity contribution in [1.82, 2.24) is 0 Å². The second kappa shape index (κ2) is 5.89. The van der Waals surface area contributed by atoms with Gasteiger partial charge in [-0.05, 0) is 34.7 Å². The smallest absolute Gasteiger partial charge is 0.170 e. The molecule has 1 aliphatic carbocycles. The number of carbonyl (C=O) groups excluding carboxylic acids is 2. The Morgan fingerprint density at radius 3 is 2.17 bits per heavy atom. The van der Waals surface area contributed by atoms with Crippen molar-refractivity contribution in [2.24, 2.45) is 0 Å². The van der Waals surface area contributed by atoms with E-state index in [0.717, 1.165) is 12.0 Å². The number of hydrogen-bond acceptors (Lipinski definition) is 2. The van der Waals surface area contributed by atoms with E-state index in [4.69, 9.17) is 0 Å². The van der Waals surface area contributed by atoms with Gasteiger partial charge in [-0.2, -0.15) is 0 Å². The van der Waals surface area contributed by atoms with E-state index in [1.807, 2.05) is 48.5 Å². The lowest BCUT2D eigenvalue weighted by Gasteiger charge is -2.05. The van der Waals surface area contributed by atoms with Gasteiger partial charge in [-0.25, -0.2) is 0 Å². The number of carbonyl (C=O) groups is 2. The Labute approximate surface area is 140 Å². The summed E-state index contributed by atoms with van der Waals surface area (Å²) in [6, 6.07) is 23.0. The fourth-order valence-electron chi connectivity index (χ4n) is 3.29. The number of benzene rings is 3. The van der Waals surface area contributed by atoms with Gasteiger partial charge in [0.05, 0.1) is 6.42 Å². The summed E-state index contributed by atoms with van der Waals surface area (Å²) in [5, 5.41) is 0. The van der Waals surface area contributed by atoms with E-state index in [9.17, 15) is 9.59 Å². The van der Waals surface area contributed by atoms with Gasteiger partial charge in [-0.15, -0.1) is 0 Å². The van der Waals surface area contributed by atoms with Crippen molar-refractivity contribution in [3.05, 3.63) is 95.1 Å². The molecule has 0 amide bonds. The van der Waals surface area contributed by atoms with Gasteiger partial charge < -0.3 is 0 Å². The van der Waals surface area contributed by atoms with Gasteiger partial charge in [0.15, 0.2) is 11.6 Å². The van der Waals surface area contributed by atoms with E-state index in [1.165, 1.54) is 16.7 Å². The molecule has 3 aromatic carbocycles. The second-order valence-electron chi connectivity index (χ2n) is 6.10. The molecule has 0 unspecified atom stereocenters. The Morgan fingerprint density at radius 2 is 1.33 bits per heavy atom. The highest BCUT2D eigenvalue weighted by atomic mass is 16.1. The predicted octanol–water partition coefficient (Wildman–Crippen LogP) is 4.71. The topological polar surface area (TPSA) is 34.1 Å². The Kier molecular flexibility index (Phi) is 3.58. The minimum Gasteiger partial charge on any atom is -0.294 e. The van der Waals surface area contributed by atoms with Crippen molar-refractivity contribution >= 4 is 11.6 Å². The second-order valence-corrected chi connectivity index (χ2v) is 6.10. The molecule has 0 fully saturated rings. The first-order valence-electron chi connectivity index (χ1n) is 8.05. The van der Waals surface area contributed by atoms with Crippen LogP contribution in [0.15, 0.2) is 72.8 Å². The first kappa shape index (κ1) is 14.6. The third-order valence-electron chi connectivity index (χ3n) is 4.53. The van der Waals surface area contributed by atoms with Crippen LogP contribution in [0.1, 0.15) is 38.3 Å². The predicted molar refractivity (Wildman–Crippen MR) is 94.4 cm³/mol. The maximum absolute atomic E-state index is 12.5. The van der Waals surface area contributed by atoms with Gasteiger partial charge in [0, 0.05) is 11.1 Å². The zero-order valence-corrected chi connectivity index (χ0v) is 13.2. The molecule has 0 heterocycles. The van der Waals surface area contributed by atoms with E-state index in [1.54, 1.807) is 12.1 Å². The third-order valence-corrected chi connectivity index (χ3v) is 4.53. The molecule has 0 radical (unpaired) electrons. The van der Waals surface area contributed by atoms with Gasteiger partial charge in [0.25, 0.3) is 0 Å². The van der Waals surface area contributed by atoms with Crippen LogP contribution in [-0.2, 0) is 6.42 Å². The molecule has 0 spiro atoms. The van der Waals surface area contributed by atoms with Crippen LogP contribution >= 0.6 is 0 Å². The minimum atomic E-state index is -0.135. The highest BCUT2D eigenvalue weighted by Crippen LogP contribution is 2.36. The number of Topliss-reactive ketones (excluding diaryl/α,β-unsaturated/α-hetero) is 2. The van der Waals surface area contributed by atoms with Crippen LogP contribution in [0.5, 0.6) is 0 Å². The molecule has 0 saturated heterocycles. The van der Waals surface area contributed by atoms with Crippen molar-refractivity contribution < 1.29 is 9.59 Å². The largest absolute Gasteiger partial charge is 0.294 e. The molecule has 1 aliphatic rings. The average molecular weight is 312 g/mol. The van der Waals surface area contributed by atoms with Gasteiger partial charge in [-0.1, -0.05) is 66.7 Å². The zero-order chi connectivity index (χ0) is 16.5. The Hall–Kier alpha value is -3.00. The van der Waals surface area contributed by atoms with E-state index in [2.05, 4.69) is 12.1 Å². The molecular formula is C22H16O2. The highest BCUT2D eigenvalue weighted by molar-refractivity contribution is 6.13. The molecule has 24 heavy (non-hydrogen) atoms. The Bertz CT molecular complexity index is 939. The summed E-state index contributed by atoms with van der Waals surface area (Å²) in [7, 11) is 0. The van der Waals surface area contributed by atoms with Crippen LogP contribution in [-0.4, -0.2) is 11.6 Å². The fourth-order valence-corrected chi connectivity index (χ4v) is 3.29. The standard InChI is InChI=1S/C22H16O2/c23-21(15-6-2-1-3-7-15)14-22(24)17-10-11-20-18(13-17)12-16-8-4-5-9-19(16)20/h1-11,13H,12,14H2. The van der Waals surface area contributed by atoms with Crippen LogP contribution in [0.2, 0.25) is 0 Å². The molecule has 2 nitrogen and oxygen atoms in total. The zero-order valence-electron chi connectivity index (χ0n) is 13.2. The van der Waals surface area contributed by atoms with Crippen LogP contribution in [0.4, 0.5) is 0 Å². The minimum absolute atomic E-state index is 0.0876. The molecule has 0 saturated carbocycles. The van der Waals surface area contributed by atoms with E-state index in [-0.39, 0.29) is 18.0 Å². The summed E-state index contributed by atoms with van der Waals surface area (Å²) >= 11 is 0. The average Bonchev–Trinajstić information content (AvgIpc) is 3.00. The summed E-state index contributed by atoms with van der Waals surface area (Å²) in [6.45, 7) is 0. The van der Waals surface area contributed by atoms with Crippen molar-refractivity contribution in [1.29, 1.82) is 0 Å². The van der Waals surface area contributed by atoms with E-state index >= 15 is 0 Å². The number of ketones is 2. The summed E-state index contributed by atoms with van der Waals surface area (Å²) < 4.78 is 0. The molecule has 0 aliphatic heterocycles. The van der Waals surface area contributed by atoms with Crippen molar-refractivity contribution in [2.75, 3.05) is 0 Å². The number of fused-ring (bicyclic) bond motifs is 3. The molecule has 0 aromatic heterocycles. The molecule has 116 valence electrons. The van der Waals surface area contributed by atoms with Crippen LogP contribution < -0.4 is 0 Å². The Balaban J connectivity index is 1.57. The van der Waals surface area contributed by atoms with Crippen molar-refractivity contribution in [3.63, 3.8) is 0 Å². The molecule has 4 rings (SSSR count). The first-order chi connectivity index (χ1) is 11.7. The lowest BCUT2D eigenvalue weighted by molar-refractivity contribution is 0.0894. The van der Waals surface area contributed by atoms with Gasteiger partial charge >= 0.3 is 0 Å². The molecule has 0 bridgehead atoms. The molecule has 3 aromatic rings. The van der Waals surface area contributed by atoms with Gasteiger partial charge in [0.2, 0.25) is 0 Å². The van der Waals surface area contributed by atoms with Crippen molar-refractivity contribution in [3.8, 4) is 11.1 Å². The summed E-state index contributed by atoms with van der Waals surface area (Å²) in [4.78, 5) is 24.7. The molecule has 0 atom stereocenters. The third kappa shape index (κ3) is 2.56. The van der Waals surface area contributed by atoms with E-state index < -0.39 is 0 Å². The summed E-state index contributed by atoms with van der Waals surface area (Å²) in [6.07, 6.45) is 0.759. The van der Waals surface area contributed by atoms with E-state index in [0.29, 0.717) is 11.1 Å². The molecule has 2 heteroatoms. The van der Waals surface area contributed by atoms with Crippen LogP contribution in [0.25, 0.3) is 11.1 Å². The lowest BCUT2D eigenvalue weighted by atomic mass is 9.98. The quantitative estimate of drug-likeness (QED) is 0.404. The van der Waals surface area contributed by atoms with Crippen molar-refractivity contribution in [2.45, 2.75) is 12.8 Å².